The quantitative estimate of drug-likeness (QED) is 0.800. The van der Waals surface area contributed by atoms with E-state index >= 15 is 0 Å². The van der Waals surface area contributed by atoms with E-state index in [0.29, 0.717) is 11.6 Å². The Kier molecular flexibility index (Phi) is 3.73. The average molecular weight is 302 g/mol. The molecule has 0 spiro atoms. The van der Waals surface area contributed by atoms with Crippen LogP contribution in [0.1, 0.15) is 5.69 Å². The van der Waals surface area contributed by atoms with E-state index in [1.54, 1.807) is 28.9 Å². The van der Waals surface area contributed by atoms with E-state index in [0.717, 1.165) is 22.6 Å². The van der Waals surface area contributed by atoms with Crippen LogP contribution in [0.3, 0.4) is 0 Å². The second kappa shape index (κ2) is 5.68. The lowest BCUT2D eigenvalue weighted by atomic mass is 10.1. The number of benzene rings is 2. The van der Waals surface area contributed by atoms with E-state index in [4.69, 9.17) is 17.3 Å². The Morgan fingerprint density at radius 2 is 1.71 bits per heavy atom. The second-order valence-corrected chi connectivity index (χ2v) is 5.06. The lowest BCUT2D eigenvalue weighted by Crippen LogP contribution is -2.01. The molecule has 0 fully saturated rings. The van der Waals surface area contributed by atoms with E-state index in [1.165, 1.54) is 12.1 Å². The number of nitrogens with two attached hydrogens (primary N) is 1. The second-order valence-electron chi connectivity index (χ2n) is 4.62. The maximum absolute atomic E-state index is 13.1. The monoisotopic (exact) mass is 301 g/mol. The van der Waals surface area contributed by atoms with Crippen LogP contribution in [-0.4, -0.2) is 9.78 Å². The van der Waals surface area contributed by atoms with Gasteiger partial charge in [0.2, 0.25) is 0 Å². The van der Waals surface area contributed by atoms with Crippen molar-refractivity contribution < 1.29 is 4.39 Å². The molecular weight excluding hydrogens is 289 g/mol. The molecular formula is C16H13ClFN3. The summed E-state index contributed by atoms with van der Waals surface area (Å²) in [5.74, 6) is -0.268. The van der Waals surface area contributed by atoms with Gasteiger partial charge < -0.3 is 5.73 Å². The van der Waals surface area contributed by atoms with Crippen LogP contribution in [0.5, 0.6) is 0 Å². The average Bonchev–Trinajstić information content (AvgIpc) is 2.93. The van der Waals surface area contributed by atoms with Gasteiger partial charge in [-0.05, 0) is 54.6 Å². The molecule has 0 saturated heterocycles. The molecule has 0 unspecified atom stereocenters. The van der Waals surface area contributed by atoms with Gasteiger partial charge in [0.25, 0.3) is 0 Å². The zero-order valence-corrected chi connectivity index (χ0v) is 11.9. The first-order chi connectivity index (χ1) is 10.2. The molecule has 0 amide bonds. The molecule has 106 valence electrons. The Hall–Kier alpha value is -2.17. The van der Waals surface area contributed by atoms with Gasteiger partial charge in [-0.25, -0.2) is 9.07 Å². The van der Waals surface area contributed by atoms with Crippen LogP contribution in [0.15, 0.2) is 54.6 Å². The summed E-state index contributed by atoms with van der Waals surface area (Å²) in [4.78, 5) is 0. The van der Waals surface area contributed by atoms with Crippen molar-refractivity contribution in [1.82, 2.24) is 9.78 Å². The molecule has 0 radical (unpaired) electrons. The number of halogens is 2. The minimum Gasteiger partial charge on any atom is -0.325 e. The largest absolute Gasteiger partial charge is 0.325 e. The van der Waals surface area contributed by atoms with Gasteiger partial charge >= 0.3 is 0 Å². The summed E-state index contributed by atoms with van der Waals surface area (Å²) in [6.07, 6.45) is 0. The third-order valence-corrected chi connectivity index (χ3v) is 3.43. The van der Waals surface area contributed by atoms with Crippen LogP contribution in [0, 0.1) is 5.82 Å². The van der Waals surface area contributed by atoms with Crippen molar-refractivity contribution in [3.63, 3.8) is 0 Å². The van der Waals surface area contributed by atoms with Crippen molar-refractivity contribution in [2.45, 2.75) is 6.54 Å². The van der Waals surface area contributed by atoms with Crippen LogP contribution in [0.25, 0.3) is 16.9 Å². The van der Waals surface area contributed by atoms with Crippen LogP contribution in [0.4, 0.5) is 4.39 Å². The molecule has 0 atom stereocenters. The third kappa shape index (κ3) is 2.82. The highest BCUT2D eigenvalue weighted by Gasteiger charge is 2.11. The maximum atomic E-state index is 13.1. The molecule has 21 heavy (non-hydrogen) atoms. The van der Waals surface area contributed by atoms with Crippen molar-refractivity contribution in [1.29, 1.82) is 0 Å². The molecule has 0 aliphatic heterocycles. The summed E-state index contributed by atoms with van der Waals surface area (Å²) in [7, 11) is 0. The highest BCUT2D eigenvalue weighted by Crippen LogP contribution is 2.25. The number of rotatable bonds is 3. The Morgan fingerprint density at radius 1 is 1.05 bits per heavy atom. The van der Waals surface area contributed by atoms with Gasteiger partial charge in [-0.3, -0.25) is 0 Å². The Bertz CT molecular complexity index is 685. The minimum absolute atomic E-state index is 0.268. The van der Waals surface area contributed by atoms with Gasteiger partial charge in [0.15, 0.2) is 0 Å². The van der Waals surface area contributed by atoms with Gasteiger partial charge in [-0.1, -0.05) is 11.6 Å². The van der Waals surface area contributed by atoms with E-state index in [-0.39, 0.29) is 5.82 Å². The van der Waals surface area contributed by atoms with E-state index in [2.05, 4.69) is 5.10 Å². The molecule has 3 aromatic rings. The van der Waals surface area contributed by atoms with Gasteiger partial charge in [-0.2, -0.15) is 5.10 Å². The van der Waals surface area contributed by atoms with E-state index < -0.39 is 0 Å². The topological polar surface area (TPSA) is 43.8 Å². The van der Waals surface area contributed by atoms with Crippen molar-refractivity contribution in [3.8, 4) is 16.9 Å². The molecule has 0 saturated carbocycles. The third-order valence-electron chi connectivity index (χ3n) is 3.18. The SMILES string of the molecule is NCc1cc(-c2ccc(F)cc2)n(-c2ccc(Cl)cc2)n1. The summed E-state index contributed by atoms with van der Waals surface area (Å²) in [5, 5.41) is 5.14. The first-order valence-electron chi connectivity index (χ1n) is 6.48. The molecule has 0 aliphatic carbocycles. The maximum Gasteiger partial charge on any atom is 0.123 e. The normalized spacial score (nSPS) is 10.8. The highest BCUT2D eigenvalue weighted by atomic mass is 35.5. The zero-order valence-electron chi connectivity index (χ0n) is 11.1. The fourth-order valence-electron chi connectivity index (χ4n) is 2.14. The molecule has 2 aromatic carbocycles. The van der Waals surface area contributed by atoms with Crippen molar-refractivity contribution in [3.05, 3.63) is 71.1 Å². The Balaban J connectivity index is 2.13. The van der Waals surface area contributed by atoms with E-state index in [1.807, 2.05) is 18.2 Å². The number of hydrogen-bond donors (Lipinski definition) is 1. The van der Waals surface area contributed by atoms with Gasteiger partial charge in [-0.15, -0.1) is 0 Å². The van der Waals surface area contributed by atoms with Crippen molar-refractivity contribution >= 4 is 11.6 Å². The molecule has 1 aromatic heterocycles. The van der Waals surface area contributed by atoms with Gasteiger partial charge in [0.05, 0.1) is 17.1 Å². The fourth-order valence-corrected chi connectivity index (χ4v) is 2.26. The highest BCUT2D eigenvalue weighted by molar-refractivity contribution is 6.30. The number of aromatic nitrogens is 2. The van der Waals surface area contributed by atoms with Gasteiger partial charge in [0, 0.05) is 17.1 Å². The van der Waals surface area contributed by atoms with Gasteiger partial charge in [0.1, 0.15) is 5.82 Å². The number of nitrogens with zero attached hydrogens (tertiary/aromatic N) is 2. The molecule has 1 heterocycles. The molecule has 5 heteroatoms. The Morgan fingerprint density at radius 3 is 2.33 bits per heavy atom. The molecule has 2 N–H and O–H groups in total. The van der Waals surface area contributed by atoms with Crippen LogP contribution < -0.4 is 5.73 Å². The van der Waals surface area contributed by atoms with Crippen LogP contribution >= 0.6 is 11.6 Å². The lowest BCUT2D eigenvalue weighted by molar-refractivity contribution is 0.628. The fraction of sp³-hybridized carbons (Fsp3) is 0.0625. The predicted octanol–water partition coefficient (Wildman–Crippen LogP) is 3.79. The van der Waals surface area contributed by atoms with Crippen molar-refractivity contribution in [2.75, 3.05) is 0 Å². The number of hydrogen-bond acceptors (Lipinski definition) is 2. The molecule has 0 bridgehead atoms. The summed E-state index contributed by atoms with van der Waals surface area (Å²) < 4.78 is 14.9. The smallest absolute Gasteiger partial charge is 0.123 e. The summed E-state index contributed by atoms with van der Waals surface area (Å²) in [6, 6.07) is 15.6. The standard InChI is InChI=1S/C16H13ClFN3/c17-12-3-7-15(8-4-12)21-16(9-14(10-19)20-21)11-1-5-13(18)6-2-11/h1-9H,10,19H2. The molecule has 3 nitrogen and oxygen atoms in total. The summed E-state index contributed by atoms with van der Waals surface area (Å²) in [6.45, 7) is 0.342. The Labute approximate surface area is 126 Å². The first kappa shape index (κ1) is 13.8. The molecule has 3 rings (SSSR count). The van der Waals surface area contributed by atoms with Crippen LogP contribution in [-0.2, 0) is 6.54 Å². The van der Waals surface area contributed by atoms with Crippen molar-refractivity contribution in [2.24, 2.45) is 5.73 Å². The zero-order chi connectivity index (χ0) is 14.8. The van der Waals surface area contributed by atoms with E-state index in [9.17, 15) is 4.39 Å². The summed E-state index contributed by atoms with van der Waals surface area (Å²) >= 11 is 5.91. The summed E-state index contributed by atoms with van der Waals surface area (Å²) in [5.41, 5.74) is 9.05. The predicted molar refractivity (Wildman–Crippen MR) is 81.9 cm³/mol. The lowest BCUT2D eigenvalue weighted by Gasteiger charge is -2.07. The van der Waals surface area contributed by atoms with Crippen LogP contribution in [0.2, 0.25) is 5.02 Å². The first-order valence-corrected chi connectivity index (χ1v) is 6.86. The minimum atomic E-state index is -0.268. The molecule has 0 aliphatic rings.